The number of benzene rings is 1. The van der Waals surface area contributed by atoms with Gasteiger partial charge in [0.25, 0.3) is 0 Å². The number of hydrogen-bond donors (Lipinski definition) is 1. The fraction of sp³-hybridized carbons (Fsp3) is 0.444. The maximum atomic E-state index is 5.69. The van der Waals surface area contributed by atoms with E-state index in [0.717, 1.165) is 23.0 Å². The van der Waals surface area contributed by atoms with Crippen LogP contribution in [0.1, 0.15) is 37.0 Å². The average Bonchev–Trinajstić information content (AvgIpc) is 2.92. The molecular formula is C18H23NO3. The highest BCUT2D eigenvalue weighted by molar-refractivity contribution is 5.44. The maximum absolute atomic E-state index is 5.69. The van der Waals surface area contributed by atoms with Crippen LogP contribution in [-0.4, -0.2) is 13.2 Å². The second-order valence-corrected chi connectivity index (χ2v) is 6.02. The summed E-state index contributed by atoms with van der Waals surface area (Å²) in [6, 6.07) is 10.4. The van der Waals surface area contributed by atoms with Crippen molar-refractivity contribution < 1.29 is 13.9 Å². The van der Waals surface area contributed by atoms with Crippen LogP contribution in [0.15, 0.2) is 34.7 Å². The molecular weight excluding hydrogens is 278 g/mol. The van der Waals surface area contributed by atoms with Crippen molar-refractivity contribution in [3.63, 3.8) is 0 Å². The lowest BCUT2D eigenvalue weighted by Gasteiger charge is -2.25. The molecule has 1 atom stereocenters. The van der Waals surface area contributed by atoms with Crippen molar-refractivity contribution in [3.05, 3.63) is 47.4 Å². The molecule has 2 aromatic rings. The molecule has 1 aliphatic heterocycles. The standard InChI is InChI=1S/C18H23NO3/c1-12(2)18(19-11-15-6-4-13(3)22-15)14-5-7-16-17(10-14)21-9-8-20-16/h4-7,10,12,18-19H,8-9,11H2,1-3H3. The number of ether oxygens (including phenoxy) is 2. The Morgan fingerprint density at radius 1 is 1.05 bits per heavy atom. The van der Waals surface area contributed by atoms with Crippen molar-refractivity contribution in [2.75, 3.05) is 13.2 Å². The van der Waals surface area contributed by atoms with E-state index in [-0.39, 0.29) is 6.04 Å². The minimum Gasteiger partial charge on any atom is -0.486 e. The molecule has 1 unspecified atom stereocenters. The lowest BCUT2D eigenvalue weighted by atomic mass is 9.95. The minimum absolute atomic E-state index is 0.237. The molecule has 0 fully saturated rings. The highest BCUT2D eigenvalue weighted by atomic mass is 16.6. The summed E-state index contributed by atoms with van der Waals surface area (Å²) in [5.41, 5.74) is 1.21. The maximum Gasteiger partial charge on any atom is 0.161 e. The largest absolute Gasteiger partial charge is 0.486 e. The predicted octanol–water partition coefficient (Wildman–Crippen LogP) is 3.85. The van der Waals surface area contributed by atoms with Crippen LogP contribution in [0.2, 0.25) is 0 Å². The van der Waals surface area contributed by atoms with Gasteiger partial charge in [-0.3, -0.25) is 0 Å². The van der Waals surface area contributed by atoms with Crippen LogP contribution in [0.4, 0.5) is 0 Å². The first-order valence-electron chi connectivity index (χ1n) is 7.82. The third kappa shape index (κ3) is 3.28. The van der Waals surface area contributed by atoms with E-state index in [4.69, 9.17) is 13.9 Å². The molecule has 1 aliphatic rings. The van der Waals surface area contributed by atoms with Crippen molar-refractivity contribution >= 4 is 0 Å². The third-order valence-corrected chi connectivity index (χ3v) is 3.88. The van der Waals surface area contributed by atoms with Gasteiger partial charge in [-0.2, -0.15) is 0 Å². The van der Waals surface area contributed by atoms with E-state index in [1.54, 1.807) is 0 Å². The molecule has 0 spiro atoms. The van der Waals surface area contributed by atoms with Gasteiger partial charge in [-0.25, -0.2) is 0 Å². The molecule has 1 N–H and O–H groups in total. The Kier molecular flexibility index (Phi) is 4.39. The van der Waals surface area contributed by atoms with Crippen molar-refractivity contribution in [3.8, 4) is 11.5 Å². The second-order valence-electron chi connectivity index (χ2n) is 6.02. The topological polar surface area (TPSA) is 43.6 Å². The third-order valence-electron chi connectivity index (χ3n) is 3.88. The van der Waals surface area contributed by atoms with Crippen LogP contribution < -0.4 is 14.8 Å². The molecule has 0 amide bonds. The van der Waals surface area contributed by atoms with Crippen molar-refractivity contribution in [1.29, 1.82) is 0 Å². The normalized spacial score (nSPS) is 15.1. The fourth-order valence-corrected chi connectivity index (χ4v) is 2.78. The summed E-state index contributed by atoms with van der Waals surface area (Å²) in [6.07, 6.45) is 0. The zero-order valence-electron chi connectivity index (χ0n) is 13.4. The highest BCUT2D eigenvalue weighted by Crippen LogP contribution is 2.34. The lowest BCUT2D eigenvalue weighted by Crippen LogP contribution is -2.25. The zero-order valence-corrected chi connectivity index (χ0v) is 13.4. The number of nitrogens with one attached hydrogen (secondary N) is 1. The van der Waals surface area contributed by atoms with Crippen LogP contribution in [0.25, 0.3) is 0 Å². The van der Waals surface area contributed by atoms with Gasteiger partial charge in [0.1, 0.15) is 24.7 Å². The number of fused-ring (bicyclic) bond motifs is 1. The average molecular weight is 301 g/mol. The van der Waals surface area contributed by atoms with E-state index in [0.29, 0.717) is 25.7 Å². The Labute approximate surface area is 131 Å². The van der Waals surface area contributed by atoms with Gasteiger partial charge in [0.2, 0.25) is 0 Å². The molecule has 0 aliphatic carbocycles. The summed E-state index contributed by atoms with van der Waals surface area (Å²) in [5, 5.41) is 3.58. The Bertz CT molecular complexity index is 633. The Morgan fingerprint density at radius 2 is 1.82 bits per heavy atom. The number of rotatable bonds is 5. The summed E-state index contributed by atoms with van der Waals surface area (Å²) in [6.45, 7) is 8.33. The summed E-state index contributed by atoms with van der Waals surface area (Å²) in [7, 11) is 0. The Balaban J connectivity index is 1.75. The van der Waals surface area contributed by atoms with E-state index in [1.807, 2.05) is 25.1 Å². The van der Waals surface area contributed by atoms with Crippen LogP contribution in [0.5, 0.6) is 11.5 Å². The van der Waals surface area contributed by atoms with Gasteiger partial charge in [0.15, 0.2) is 11.5 Å². The van der Waals surface area contributed by atoms with Gasteiger partial charge in [0, 0.05) is 6.04 Å². The van der Waals surface area contributed by atoms with Crippen molar-refractivity contribution in [1.82, 2.24) is 5.32 Å². The number of hydrogen-bond acceptors (Lipinski definition) is 4. The van der Waals surface area contributed by atoms with Gasteiger partial charge in [-0.1, -0.05) is 19.9 Å². The smallest absolute Gasteiger partial charge is 0.161 e. The van der Waals surface area contributed by atoms with E-state index in [1.165, 1.54) is 5.56 Å². The zero-order chi connectivity index (χ0) is 15.5. The lowest BCUT2D eigenvalue weighted by molar-refractivity contribution is 0.171. The summed E-state index contributed by atoms with van der Waals surface area (Å²) < 4.78 is 16.9. The molecule has 0 bridgehead atoms. The molecule has 4 heteroatoms. The van der Waals surface area contributed by atoms with Crippen LogP contribution in [0.3, 0.4) is 0 Å². The second kappa shape index (κ2) is 6.44. The van der Waals surface area contributed by atoms with Gasteiger partial charge >= 0.3 is 0 Å². The number of aryl methyl sites for hydroxylation is 1. The van der Waals surface area contributed by atoms with Crippen LogP contribution in [0, 0.1) is 12.8 Å². The minimum atomic E-state index is 0.237. The molecule has 22 heavy (non-hydrogen) atoms. The first kappa shape index (κ1) is 15.0. The molecule has 118 valence electrons. The Hall–Kier alpha value is -1.94. The Morgan fingerprint density at radius 3 is 2.50 bits per heavy atom. The molecule has 1 aromatic heterocycles. The highest BCUT2D eigenvalue weighted by Gasteiger charge is 2.19. The molecule has 0 saturated carbocycles. The summed E-state index contributed by atoms with van der Waals surface area (Å²) in [4.78, 5) is 0. The van der Waals surface area contributed by atoms with Gasteiger partial charge in [0.05, 0.1) is 6.54 Å². The summed E-state index contributed by atoms with van der Waals surface area (Å²) >= 11 is 0. The SMILES string of the molecule is Cc1ccc(CNC(c2ccc3c(c2)OCCO3)C(C)C)o1. The summed E-state index contributed by atoms with van der Waals surface area (Å²) in [5.74, 6) is 4.03. The fourth-order valence-electron chi connectivity index (χ4n) is 2.78. The van der Waals surface area contributed by atoms with E-state index < -0.39 is 0 Å². The molecule has 1 aromatic carbocycles. The van der Waals surface area contributed by atoms with Gasteiger partial charge in [-0.05, 0) is 42.7 Å². The van der Waals surface area contributed by atoms with E-state index in [2.05, 4.69) is 31.3 Å². The first-order valence-corrected chi connectivity index (χ1v) is 7.82. The van der Waals surface area contributed by atoms with Crippen molar-refractivity contribution in [2.45, 2.75) is 33.4 Å². The molecule has 3 rings (SSSR count). The number of furan rings is 1. The quantitative estimate of drug-likeness (QED) is 0.911. The van der Waals surface area contributed by atoms with Crippen LogP contribution in [-0.2, 0) is 6.54 Å². The molecule has 2 heterocycles. The van der Waals surface area contributed by atoms with E-state index in [9.17, 15) is 0 Å². The first-order chi connectivity index (χ1) is 10.6. The van der Waals surface area contributed by atoms with E-state index >= 15 is 0 Å². The molecule has 0 radical (unpaired) electrons. The predicted molar refractivity (Wildman–Crippen MR) is 85.3 cm³/mol. The van der Waals surface area contributed by atoms with Gasteiger partial charge < -0.3 is 19.2 Å². The van der Waals surface area contributed by atoms with Gasteiger partial charge in [-0.15, -0.1) is 0 Å². The monoisotopic (exact) mass is 301 g/mol. The van der Waals surface area contributed by atoms with Crippen molar-refractivity contribution in [2.24, 2.45) is 5.92 Å². The molecule has 0 saturated heterocycles. The molecule has 4 nitrogen and oxygen atoms in total. The van der Waals surface area contributed by atoms with Crippen LogP contribution >= 0.6 is 0 Å².